The molecule has 16 aromatic carbocycles. The Bertz CT molecular complexity index is 6310. The third-order valence-corrected chi connectivity index (χ3v) is 30.6. The fraction of sp³-hybridized carbons (Fsp3) is 0.103. The van der Waals surface area contributed by atoms with Crippen LogP contribution in [0.1, 0.15) is 134 Å². The van der Waals surface area contributed by atoms with E-state index < -0.39 is 21.7 Å². The van der Waals surface area contributed by atoms with E-state index >= 15 is 0 Å². The van der Waals surface area contributed by atoms with Crippen molar-refractivity contribution in [3.05, 3.63) is 559 Å². The zero-order valence-electron chi connectivity index (χ0n) is 67.9. The van der Waals surface area contributed by atoms with Gasteiger partial charge in [-0.2, -0.15) is 0 Å². The summed E-state index contributed by atoms with van der Waals surface area (Å²) in [5.74, 6) is 0. The van der Waals surface area contributed by atoms with Crippen molar-refractivity contribution in [1.82, 2.24) is 0 Å². The van der Waals surface area contributed by atoms with Crippen molar-refractivity contribution in [2.45, 2.75) is 73.0 Å². The maximum atomic E-state index is 3.98. The van der Waals surface area contributed by atoms with E-state index in [0.717, 1.165) is 87.1 Å². The Balaban J connectivity index is 0.567. The molecular formula is C116H82Br8. The summed E-state index contributed by atoms with van der Waals surface area (Å²) in [6.07, 6.45) is 19.1. The molecule has 0 saturated heterocycles. The second-order valence-corrected chi connectivity index (χ2v) is 40.7. The minimum atomic E-state index is -0.591. The smallest absolute Gasteiger partial charge is 0.0714 e. The summed E-state index contributed by atoms with van der Waals surface area (Å²) in [6, 6.07) is 130. The number of hydrogen-bond acceptors (Lipinski definition) is 0. The van der Waals surface area contributed by atoms with Crippen molar-refractivity contribution in [3.8, 4) is 44.5 Å². The fourth-order valence-corrected chi connectivity index (χ4v) is 23.9. The van der Waals surface area contributed by atoms with Crippen molar-refractivity contribution < 1.29 is 0 Å². The van der Waals surface area contributed by atoms with E-state index in [4.69, 9.17) is 0 Å². The van der Waals surface area contributed by atoms with Crippen LogP contribution in [0, 0.1) is 0 Å². The lowest BCUT2D eigenvalue weighted by Crippen LogP contribution is -2.29. The van der Waals surface area contributed by atoms with Crippen LogP contribution in [0.25, 0.3) is 44.5 Å². The Morgan fingerprint density at radius 3 is 0.452 bits per heavy atom. The minimum Gasteiger partial charge on any atom is -0.0991 e. The van der Waals surface area contributed by atoms with E-state index in [1.165, 1.54) is 178 Å². The quantitative estimate of drug-likeness (QED) is 0.0560. The molecule has 4 aliphatic carbocycles. The van der Waals surface area contributed by atoms with Gasteiger partial charge in [-0.25, -0.2) is 0 Å². The van der Waals surface area contributed by atoms with Crippen molar-refractivity contribution in [1.29, 1.82) is 0 Å². The summed E-state index contributed by atoms with van der Waals surface area (Å²) in [4.78, 5) is 0. The molecule has 0 bridgehead atoms. The maximum absolute atomic E-state index is 3.98. The molecule has 0 nitrogen and oxygen atoms in total. The molecule has 0 fully saturated rings. The van der Waals surface area contributed by atoms with E-state index in [9.17, 15) is 0 Å². The SMILES string of the molecule is C=CC=CCc1ccc(C2(c3ccc(CCc4ccc(C5(c6ccc(CCc7ccc(C8(c9ccc(CCc%10ccc(C%11(c%12ccc(CC=CC=C)cc%12)c%12cc(Br)ccc%12-c%12ccc(Br)cc%12%11)cc%10)cc9)c9cc(Br)ccc9-c9ccc(Br)cc98)cc7)cc6)c6cc(Br)ccc6-c6ccc(Br)cc65)cc4)cc3)c3cc(Br)ccc3-c3ccc(Br)cc32)cc1. The van der Waals surface area contributed by atoms with E-state index in [1.54, 1.807) is 0 Å². The number of fused-ring (bicyclic) bond motifs is 12. The highest BCUT2D eigenvalue weighted by atomic mass is 79.9. The Labute approximate surface area is 795 Å². The molecule has 0 N–H and O–H groups in total. The van der Waals surface area contributed by atoms with Crippen molar-refractivity contribution in [2.24, 2.45) is 0 Å². The number of allylic oxidation sites excluding steroid dienone is 6. The summed E-state index contributed by atoms with van der Waals surface area (Å²) in [5.41, 5.74) is 38.3. The molecule has 0 heterocycles. The highest BCUT2D eigenvalue weighted by Crippen LogP contribution is 2.63. The van der Waals surface area contributed by atoms with E-state index in [-0.39, 0.29) is 0 Å². The molecule has 0 aliphatic heterocycles. The van der Waals surface area contributed by atoms with Gasteiger partial charge in [0.2, 0.25) is 0 Å². The second kappa shape index (κ2) is 34.2. The third kappa shape index (κ3) is 14.4. The maximum Gasteiger partial charge on any atom is 0.0714 e. The molecular weight excluding hydrogens is 2030 g/mol. The summed E-state index contributed by atoms with van der Waals surface area (Å²) in [6.45, 7) is 7.78. The average Bonchev–Trinajstić information content (AvgIpc) is 1.55. The molecule has 0 saturated carbocycles. The minimum absolute atomic E-state index is 0.534. The Kier molecular flexibility index (Phi) is 22.8. The lowest BCUT2D eigenvalue weighted by atomic mass is 9.67. The van der Waals surface area contributed by atoms with Gasteiger partial charge in [-0.1, -0.05) is 420 Å². The molecule has 16 aromatic rings. The van der Waals surface area contributed by atoms with Crippen molar-refractivity contribution >= 4 is 127 Å². The van der Waals surface area contributed by atoms with E-state index in [2.05, 4.69) is 492 Å². The molecule has 4 aliphatic rings. The molecule has 0 aromatic heterocycles. The van der Waals surface area contributed by atoms with Gasteiger partial charge in [0.1, 0.15) is 0 Å². The standard InChI is InChI=1S/C116H82Br8/c1-3-5-7-9-73-17-33-81(34-18-73)113(105-65-89(117)49-57-97(105)98-58-50-90(118)66-106(98)113)83-37-21-75(22-38-83)11-13-77-25-41-85(42-26-77)115(109-69-93(121)53-61-101(109)102-62-54-94(122)70-110(102)115)87-45-29-79(30-46-87)15-16-80-31-47-88(48-32-80)116(111-71-95(123)55-63-103(111)104-64-56-96(124)72-112(104)116)86-43-27-78(28-44-86)14-12-76-23-39-84(40-24-76)114(82-35-19-74(20-36-82)10-8-6-4-2)107-67-91(119)51-59-99(107)100-60-52-92(120)68-108(100)114/h3-8,17-72H,1-2,9-16H2. The van der Waals surface area contributed by atoms with Gasteiger partial charge in [0, 0.05) is 35.8 Å². The van der Waals surface area contributed by atoms with Crippen LogP contribution in [0.3, 0.4) is 0 Å². The fourth-order valence-electron chi connectivity index (χ4n) is 21.0. The first-order valence-electron chi connectivity index (χ1n) is 42.3. The van der Waals surface area contributed by atoms with E-state index in [0.29, 0.717) is 0 Å². The van der Waals surface area contributed by atoms with Crippen LogP contribution >= 0.6 is 127 Å². The summed E-state index contributed by atoms with van der Waals surface area (Å²) in [5, 5.41) is 0. The van der Waals surface area contributed by atoms with Crippen LogP contribution in [0.2, 0.25) is 0 Å². The predicted octanol–water partition coefficient (Wildman–Crippen LogP) is 33.2. The Morgan fingerprint density at radius 1 is 0.177 bits per heavy atom. The summed E-state index contributed by atoms with van der Waals surface area (Å²) in [7, 11) is 0. The highest BCUT2D eigenvalue weighted by Gasteiger charge is 2.51. The third-order valence-electron chi connectivity index (χ3n) is 26.7. The topological polar surface area (TPSA) is 0 Å². The lowest BCUT2D eigenvalue weighted by molar-refractivity contribution is 0.762. The van der Waals surface area contributed by atoms with Crippen LogP contribution in [0.4, 0.5) is 0 Å². The van der Waals surface area contributed by atoms with Gasteiger partial charge in [0.15, 0.2) is 0 Å². The van der Waals surface area contributed by atoms with Crippen LogP contribution in [0.5, 0.6) is 0 Å². The molecule has 8 heteroatoms. The summed E-state index contributed by atoms with van der Waals surface area (Å²) < 4.78 is 8.50. The Morgan fingerprint density at radius 2 is 0.315 bits per heavy atom. The molecule has 0 unspecified atom stereocenters. The highest BCUT2D eigenvalue weighted by molar-refractivity contribution is 9.11. The van der Waals surface area contributed by atoms with Gasteiger partial charge >= 0.3 is 0 Å². The molecule has 0 amide bonds. The van der Waals surface area contributed by atoms with Crippen LogP contribution in [0.15, 0.2) is 425 Å². The van der Waals surface area contributed by atoms with Gasteiger partial charge in [0.25, 0.3) is 0 Å². The molecule has 0 atom stereocenters. The summed E-state index contributed by atoms with van der Waals surface area (Å²) >= 11 is 31.5. The first-order valence-corrected chi connectivity index (χ1v) is 48.6. The van der Waals surface area contributed by atoms with Gasteiger partial charge in [0.05, 0.1) is 21.7 Å². The Hall–Kier alpha value is -9.68. The molecule has 602 valence electrons. The number of hydrogen-bond donors (Lipinski definition) is 0. The largest absolute Gasteiger partial charge is 0.0991 e. The van der Waals surface area contributed by atoms with Crippen LogP contribution in [-0.2, 0) is 73.0 Å². The first kappa shape index (κ1) is 82.6. The number of aryl methyl sites for hydroxylation is 6. The number of halogens is 8. The molecule has 0 radical (unpaired) electrons. The average molecular weight is 2120 g/mol. The predicted molar refractivity (Wildman–Crippen MR) is 545 cm³/mol. The zero-order chi connectivity index (χ0) is 84.6. The van der Waals surface area contributed by atoms with Gasteiger partial charge < -0.3 is 0 Å². The zero-order valence-corrected chi connectivity index (χ0v) is 80.6. The second-order valence-electron chi connectivity index (χ2n) is 33.3. The molecule has 0 spiro atoms. The van der Waals surface area contributed by atoms with Crippen molar-refractivity contribution in [2.75, 3.05) is 0 Å². The van der Waals surface area contributed by atoms with Crippen molar-refractivity contribution in [3.63, 3.8) is 0 Å². The molecule has 20 rings (SSSR count). The van der Waals surface area contributed by atoms with Gasteiger partial charge in [-0.15, -0.1) is 0 Å². The number of benzene rings is 16. The normalized spacial score (nSPS) is 14.2. The van der Waals surface area contributed by atoms with Gasteiger partial charge in [-0.3, -0.25) is 0 Å². The van der Waals surface area contributed by atoms with E-state index in [1.807, 2.05) is 24.3 Å². The monoisotopic (exact) mass is 2110 g/mol. The first-order chi connectivity index (χ1) is 60.5. The number of rotatable bonds is 23. The molecule has 124 heavy (non-hydrogen) atoms. The van der Waals surface area contributed by atoms with Crippen LogP contribution < -0.4 is 0 Å². The lowest BCUT2D eigenvalue weighted by Gasteiger charge is -2.34. The van der Waals surface area contributed by atoms with Gasteiger partial charge in [-0.05, 0) is 326 Å². The van der Waals surface area contributed by atoms with Crippen LogP contribution in [-0.4, -0.2) is 0 Å².